The van der Waals surface area contributed by atoms with Gasteiger partial charge in [-0.15, -0.1) is 0 Å². The van der Waals surface area contributed by atoms with E-state index in [2.05, 4.69) is 15.9 Å². The van der Waals surface area contributed by atoms with Crippen LogP contribution in [0, 0.1) is 5.92 Å². The molecule has 1 unspecified atom stereocenters. The van der Waals surface area contributed by atoms with Gasteiger partial charge >= 0.3 is 5.97 Å². The molecule has 0 aliphatic carbocycles. The number of aliphatic carboxylic acids is 1. The highest BCUT2D eigenvalue weighted by atomic mass is 79.9. The number of halogens is 1. The van der Waals surface area contributed by atoms with Crippen LogP contribution in [0.3, 0.4) is 0 Å². The maximum Gasteiger partial charge on any atom is 0.303 e. The molecule has 0 saturated carbocycles. The van der Waals surface area contributed by atoms with Crippen molar-refractivity contribution in [2.24, 2.45) is 5.92 Å². The number of rotatable bonds is 5. The van der Waals surface area contributed by atoms with Crippen molar-refractivity contribution in [3.05, 3.63) is 22.2 Å². The van der Waals surface area contributed by atoms with Crippen LogP contribution in [-0.2, 0) is 4.79 Å². The first kappa shape index (κ1) is 15.8. The molecule has 21 heavy (non-hydrogen) atoms. The minimum atomic E-state index is -0.895. The lowest BCUT2D eigenvalue weighted by molar-refractivity contribution is -0.137. The predicted octanol–water partition coefficient (Wildman–Crippen LogP) is 3.29. The number of carboxylic acids is 1. The van der Waals surface area contributed by atoms with Gasteiger partial charge in [0.25, 0.3) is 0 Å². The molecule has 0 spiro atoms. The van der Waals surface area contributed by atoms with E-state index in [1.807, 2.05) is 0 Å². The Morgan fingerprint density at radius 3 is 2.48 bits per heavy atom. The number of ketones is 1. The summed E-state index contributed by atoms with van der Waals surface area (Å²) in [5.41, 5.74) is 0.497. The lowest BCUT2D eigenvalue weighted by atomic mass is 9.97. The number of carboxylic acid groups (broad SMARTS) is 1. The summed E-state index contributed by atoms with van der Waals surface area (Å²) in [6.45, 7) is 2.89. The lowest BCUT2D eigenvalue weighted by Gasteiger charge is -2.12. The fourth-order valence-electron chi connectivity index (χ4n) is 2.19. The standard InChI is InChI=1S/C15H17BrO5/c1-9(6-15(18)19)5-12(17)10-7-13-14(8-11(10)16)21-4-2-3-20-13/h7-9H,2-6H2,1H3,(H,18,19). The van der Waals surface area contributed by atoms with Crippen molar-refractivity contribution < 1.29 is 24.2 Å². The van der Waals surface area contributed by atoms with E-state index in [1.54, 1.807) is 19.1 Å². The van der Waals surface area contributed by atoms with Crippen LogP contribution < -0.4 is 9.47 Å². The van der Waals surface area contributed by atoms with Crippen molar-refractivity contribution in [2.45, 2.75) is 26.2 Å². The van der Waals surface area contributed by atoms with Gasteiger partial charge in [-0.2, -0.15) is 0 Å². The number of carbonyl (C=O) groups excluding carboxylic acids is 1. The number of carbonyl (C=O) groups is 2. The van der Waals surface area contributed by atoms with Gasteiger partial charge in [-0.3, -0.25) is 9.59 Å². The van der Waals surface area contributed by atoms with Crippen molar-refractivity contribution in [1.29, 1.82) is 0 Å². The second-order valence-corrected chi connectivity index (χ2v) is 6.01. The third kappa shape index (κ3) is 4.20. The highest BCUT2D eigenvalue weighted by Gasteiger charge is 2.20. The first-order chi connectivity index (χ1) is 9.97. The molecule has 0 amide bonds. The first-order valence-electron chi connectivity index (χ1n) is 6.81. The molecular weight excluding hydrogens is 340 g/mol. The van der Waals surface area contributed by atoms with Gasteiger partial charge in [0.15, 0.2) is 17.3 Å². The predicted molar refractivity (Wildman–Crippen MR) is 80.1 cm³/mol. The zero-order chi connectivity index (χ0) is 15.4. The molecule has 0 bridgehead atoms. The summed E-state index contributed by atoms with van der Waals surface area (Å²) in [4.78, 5) is 23.0. The Bertz CT molecular complexity index is 555. The molecule has 6 heteroatoms. The van der Waals surface area contributed by atoms with Crippen LogP contribution in [0.25, 0.3) is 0 Å². The van der Waals surface area contributed by atoms with E-state index in [1.165, 1.54) is 0 Å². The molecule has 0 saturated heterocycles. The van der Waals surface area contributed by atoms with E-state index in [0.717, 1.165) is 6.42 Å². The van der Waals surface area contributed by atoms with Crippen molar-refractivity contribution in [3.63, 3.8) is 0 Å². The van der Waals surface area contributed by atoms with Gasteiger partial charge in [0, 0.05) is 29.3 Å². The second kappa shape index (κ2) is 6.93. The topological polar surface area (TPSA) is 72.8 Å². The monoisotopic (exact) mass is 356 g/mol. The molecule has 1 N–H and O–H groups in total. The van der Waals surface area contributed by atoms with E-state index in [9.17, 15) is 9.59 Å². The first-order valence-corrected chi connectivity index (χ1v) is 7.61. The molecule has 1 heterocycles. The molecule has 1 aliphatic heterocycles. The summed E-state index contributed by atoms with van der Waals surface area (Å²) < 4.78 is 11.8. The summed E-state index contributed by atoms with van der Waals surface area (Å²) in [7, 11) is 0. The van der Waals surface area contributed by atoms with Crippen molar-refractivity contribution >= 4 is 27.7 Å². The largest absolute Gasteiger partial charge is 0.490 e. The Kier molecular flexibility index (Phi) is 5.22. The smallest absolute Gasteiger partial charge is 0.303 e. The molecule has 1 aromatic rings. The molecule has 0 fully saturated rings. The van der Waals surface area contributed by atoms with Crippen molar-refractivity contribution in [2.75, 3.05) is 13.2 Å². The minimum Gasteiger partial charge on any atom is -0.490 e. The zero-order valence-electron chi connectivity index (χ0n) is 11.7. The molecule has 5 nitrogen and oxygen atoms in total. The average molecular weight is 357 g/mol. The van der Waals surface area contributed by atoms with Gasteiger partial charge in [-0.1, -0.05) is 6.92 Å². The number of benzene rings is 1. The normalized spacial score (nSPS) is 15.1. The average Bonchev–Trinajstić information content (AvgIpc) is 2.61. The highest BCUT2D eigenvalue weighted by molar-refractivity contribution is 9.10. The number of fused-ring (bicyclic) bond motifs is 1. The number of ether oxygens (including phenoxy) is 2. The van der Waals surface area contributed by atoms with Gasteiger partial charge in [0.2, 0.25) is 0 Å². The highest BCUT2D eigenvalue weighted by Crippen LogP contribution is 2.36. The molecule has 1 atom stereocenters. The third-order valence-corrected chi connectivity index (χ3v) is 3.85. The number of hydrogen-bond acceptors (Lipinski definition) is 4. The number of hydrogen-bond donors (Lipinski definition) is 1. The Hall–Kier alpha value is -1.56. The van der Waals surface area contributed by atoms with E-state index in [-0.39, 0.29) is 24.5 Å². The molecule has 2 rings (SSSR count). The van der Waals surface area contributed by atoms with Gasteiger partial charge < -0.3 is 14.6 Å². The SMILES string of the molecule is CC(CC(=O)O)CC(=O)c1cc2c(cc1Br)OCCCO2. The summed E-state index contributed by atoms with van der Waals surface area (Å²) in [6, 6.07) is 3.40. The third-order valence-electron chi connectivity index (χ3n) is 3.19. The quantitative estimate of drug-likeness (QED) is 0.819. The summed E-state index contributed by atoms with van der Waals surface area (Å²) >= 11 is 3.37. The van der Waals surface area contributed by atoms with Crippen LogP contribution in [0.2, 0.25) is 0 Å². The van der Waals surface area contributed by atoms with Gasteiger partial charge in [-0.25, -0.2) is 0 Å². The lowest BCUT2D eigenvalue weighted by Crippen LogP contribution is -2.11. The summed E-state index contributed by atoms with van der Waals surface area (Å²) in [6.07, 6.45) is 0.962. The van der Waals surface area contributed by atoms with Gasteiger partial charge in [0.05, 0.1) is 13.2 Å². The fraction of sp³-hybridized carbons (Fsp3) is 0.467. The Labute approximate surface area is 131 Å². The molecule has 0 radical (unpaired) electrons. The van der Waals surface area contributed by atoms with E-state index in [0.29, 0.717) is 34.7 Å². The Balaban J connectivity index is 2.17. The van der Waals surface area contributed by atoms with E-state index >= 15 is 0 Å². The molecule has 114 valence electrons. The Morgan fingerprint density at radius 2 is 1.86 bits per heavy atom. The second-order valence-electron chi connectivity index (χ2n) is 5.16. The Morgan fingerprint density at radius 1 is 1.24 bits per heavy atom. The van der Waals surface area contributed by atoms with Crippen molar-refractivity contribution in [3.8, 4) is 11.5 Å². The number of Topliss-reactive ketones (excluding diaryl/α,β-unsaturated/α-hetero) is 1. The van der Waals surface area contributed by atoms with Crippen LogP contribution in [0.4, 0.5) is 0 Å². The van der Waals surface area contributed by atoms with Gasteiger partial charge in [0.1, 0.15) is 0 Å². The van der Waals surface area contributed by atoms with Crippen LogP contribution in [0.15, 0.2) is 16.6 Å². The zero-order valence-corrected chi connectivity index (χ0v) is 13.3. The van der Waals surface area contributed by atoms with Crippen LogP contribution in [0.5, 0.6) is 11.5 Å². The maximum absolute atomic E-state index is 12.3. The van der Waals surface area contributed by atoms with Gasteiger partial charge in [-0.05, 0) is 34.0 Å². The van der Waals surface area contributed by atoms with Crippen molar-refractivity contribution in [1.82, 2.24) is 0 Å². The fourth-order valence-corrected chi connectivity index (χ4v) is 2.74. The maximum atomic E-state index is 12.3. The summed E-state index contributed by atoms with van der Waals surface area (Å²) in [5, 5.41) is 8.75. The van der Waals surface area contributed by atoms with E-state index < -0.39 is 5.97 Å². The van der Waals surface area contributed by atoms with Crippen LogP contribution in [0.1, 0.15) is 36.5 Å². The molecule has 0 aromatic heterocycles. The minimum absolute atomic E-state index is 0.0199. The molecule has 1 aliphatic rings. The summed E-state index contributed by atoms with van der Waals surface area (Å²) in [5.74, 6) is -0.0309. The van der Waals surface area contributed by atoms with E-state index in [4.69, 9.17) is 14.6 Å². The van der Waals surface area contributed by atoms with Crippen LogP contribution >= 0.6 is 15.9 Å². The molecule has 1 aromatic carbocycles. The molecular formula is C15H17BrO5. The van der Waals surface area contributed by atoms with Crippen LogP contribution in [-0.4, -0.2) is 30.1 Å².